The van der Waals surface area contributed by atoms with Gasteiger partial charge < -0.3 is 24.8 Å². The zero-order chi connectivity index (χ0) is 23.5. The molecule has 0 amide bonds. The normalized spacial score (nSPS) is 12.2. The molecular formula is C24H40IN5O3. The van der Waals surface area contributed by atoms with E-state index in [-0.39, 0.29) is 30.0 Å². The van der Waals surface area contributed by atoms with Gasteiger partial charge in [-0.1, -0.05) is 6.07 Å². The minimum Gasteiger partial charge on any atom is -0.490 e. The van der Waals surface area contributed by atoms with Gasteiger partial charge in [-0.25, -0.2) is 4.99 Å². The smallest absolute Gasteiger partial charge is 0.192 e. The molecule has 0 saturated carbocycles. The molecule has 1 atom stereocenters. The van der Waals surface area contributed by atoms with Crippen LogP contribution in [-0.2, 0) is 17.8 Å². The molecule has 0 aliphatic carbocycles. The number of hydrogen-bond donors (Lipinski definition) is 2. The summed E-state index contributed by atoms with van der Waals surface area (Å²) in [6, 6.07) is 6.09. The number of aliphatic imine (C=N–C) groups is 1. The van der Waals surface area contributed by atoms with Gasteiger partial charge in [0.05, 0.1) is 44.6 Å². The molecule has 9 heteroatoms. The maximum Gasteiger partial charge on any atom is 0.192 e. The number of nitrogens with zero attached hydrogens (tertiary/aromatic N) is 3. The average molecular weight is 574 g/mol. The van der Waals surface area contributed by atoms with Crippen molar-refractivity contribution in [3.05, 3.63) is 40.7 Å². The first-order valence-electron chi connectivity index (χ1n) is 11.4. The Labute approximate surface area is 215 Å². The number of aryl methyl sites for hydroxylation is 1. The Kier molecular flexibility index (Phi) is 13.2. The minimum absolute atomic E-state index is 0. The van der Waals surface area contributed by atoms with Crippen molar-refractivity contribution in [1.29, 1.82) is 0 Å². The Morgan fingerprint density at radius 3 is 2.45 bits per heavy atom. The lowest BCUT2D eigenvalue weighted by atomic mass is 10.1. The molecule has 0 spiro atoms. The average Bonchev–Trinajstić information content (AvgIpc) is 3.04. The second kappa shape index (κ2) is 15.0. The van der Waals surface area contributed by atoms with Gasteiger partial charge in [0.2, 0.25) is 0 Å². The van der Waals surface area contributed by atoms with Crippen molar-refractivity contribution in [2.45, 2.75) is 60.7 Å². The van der Waals surface area contributed by atoms with Gasteiger partial charge in [-0.05, 0) is 59.2 Å². The standard InChI is InChI=1S/C24H39N5O3.HI/c1-8-25-24(26-16-21-18(5)28-29(19(21)6)13-14-30-7)27-17(4)20-11-12-22(31-9-2)23(15-20)32-10-3;/h11-12,15,17H,8-10,13-14,16H2,1-7H3,(H2,25,26,27);1H. The fourth-order valence-electron chi connectivity index (χ4n) is 3.46. The maximum atomic E-state index is 5.78. The summed E-state index contributed by atoms with van der Waals surface area (Å²) in [4.78, 5) is 4.82. The van der Waals surface area contributed by atoms with Gasteiger partial charge in [-0.15, -0.1) is 24.0 Å². The second-order valence-electron chi connectivity index (χ2n) is 7.50. The lowest BCUT2D eigenvalue weighted by Crippen LogP contribution is -2.38. The predicted molar refractivity (Wildman–Crippen MR) is 144 cm³/mol. The van der Waals surface area contributed by atoms with E-state index in [4.69, 9.17) is 19.2 Å². The molecule has 8 nitrogen and oxygen atoms in total. The highest BCUT2D eigenvalue weighted by molar-refractivity contribution is 14.0. The van der Waals surface area contributed by atoms with E-state index >= 15 is 0 Å². The molecule has 1 aromatic heterocycles. The van der Waals surface area contributed by atoms with Gasteiger partial charge in [0.15, 0.2) is 17.5 Å². The van der Waals surface area contributed by atoms with Crippen LogP contribution in [0.1, 0.15) is 56.3 Å². The van der Waals surface area contributed by atoms with Crippen molar-refractivity contribution >= 4 is 29.9 Å². The van der Waals surface area contributed by atoms with Gasteiger partial charge in [-0.2, -0.15) is 5.10 Å². The van der Waals surface area contributed by atoms with E-state index in [0.717, 1.165) is 53.1 Å². The van der Waals surface area contributed by atoms with Crippen molar-refractivity contribution in [3.8, 4) is 11.5 Å². The monoisotopic (exact) mass is 573 g/mol. The molecule has 186 valence electrons. The second-order valence-corrected chi connectivity index (χ2v) is 7.50. The van der Waals surface area contributed by atoms with E-state index in [2.05, 4.69) is 42.6 Å². The largest absolute Gasteiger partial charge is 0.490 e. The van der Waals surface area contributed by atoms with Crippen LogP contribution in [0.4, 0.5) is 0 Å². The molecule has 0 fully saturated rings. The number of hydrogen-bond acceptors (Lipinski definition) is 5. The third-order valence-electron chi connectivity index (χ3n) is 5.20. The van der Waals surface area contributed by atoms with Gasteiger partial charge in [0.1, 0.15) is 0 Å². The van der Waals surface area contributed by atoms with Crippen LogP contribution in [0.2, 0.25) is 0 Å². The first-order valence-corrected chi connectivity index (χ1v) is 11.4. The Hall–Kier alpha value is -2.01. The Morgan fingerprint density at radius 1 is 1.12 bits per heavy atom. The summed E-state index contributed by atoms with van der Waals surface area (Å²) in [5, 5.41) is 11.5. The number of aromatic nitrogens is 2. The molecule has 1 heterocycles. The Bertz CT molecular complexity index is 885. The van der Waals surface area contributed by atoms with E-state index in [1.165, 1.54) is 0 Å². The van der Waals surface area contributed by atoms with Crippen molar-refractivity contribution in [2.75, 3.05) is 33.5 Å². The van der Waals surface area contributed by atoms with Crippen molar-refractivity contribution in [1.82, 2.24) is 20.4 Å². The Morgan fingerprint density at radius 2 is 1.82 bits per heavy atom. The van der Waals surface area contributed by atoms with Crippen LogP contribution < -0.4 is 20.1 Å². The zero-order valence-electron chi connectivity index (χ0n) is 21.0. The molecule has 33 heavy (non-hydrogen) atoms. The topological polar surface area (TPSA) is 81.9 Å². The van der Waals surface area contributed by atoms with Crippen LogP contribution >= 0.6 is 24.0 Å². The van der Waals surface area contributed by atoms with Crippen LogP contribution in [0.5, 0.6) is 11.5 Å². The fourth-order valence-corrected chi connectivity index (χ4v) is 3.46. The highest BCUT2D eigenvalue weighted by Crippen LogP contribution is 2.30. The van der Waals surface area contributed by atoms with Crippen LogP contribution in [0.15, 0.2) is 23.2 Å². The number of guanidine groups is 1. The van der Waals surface area contributed by atoms with Gasteiger partial charge >= 0.3 is 0 Å². The van der Waals surface area contributed by atoms with Crippen LogP contribution in [0.25, 0.3) is 0 Å². The van der Waals surface area contributed by atoms with E-state index in [9.17, 15) is 0 Å². The zero-order valence-corrected chi connectivity index (χ0v) is 23.4. The van der Waals surface area contributed by atoms with Gasteiger partial charge in [-0.3, -0.25) is 4.68 Å². The Balaban J connectivity index is 0.00000544. The summed E-state index contributed by atoms with van der Waals surface area (Å²) in [5.74, 6) is 2.29. The van der Waals surface area contributed by atoms with Gasteiger partial charge in [0.25, 0.3) is 0 Å². The molecule has 0 aliphatic heterocycles. The van der Waals surface area contributed by atoms with Crippen LogP contribution in [-0.4, -0.2) is 49.2 Å². The summed E-state index contributed by atoms with van der Waals surface area (Å²) in [6.45, 7) is 16.1. The van der Waals surface area contributed by atoms with Crippen molar-refractivity contribution in [2.24, 2.45) is 4.99 Å². The first kappa shape index (κ1) is 29.0. The van der Waals surface area contributed by atoms with Crippen molar-refractivity contribution in [3.63, 3.8) is 0 Å². The molecule has 2 N–H and O–H groups in total. The number of methoxy groups -OCH3 is 1. The number of benzene rings is 1. The molecular weight excluding hydrogens is 533 g/mol. The lowest BCUT2D eigenvalue weighted by molar-refractivity contribution is 0.182. The maximum absolute atomic E-state index is 5.78. The molecule has 0 bridgehead atoms. The summed E-state index contributed by atoms with van der Waals surface area (Å²) >= 11 is 0. The molecule has 2 rings (SSSR count). The molecule has 2 aromatic rings. The summed E-state index contributed by atoms with van der Waals surface area (Å²) in [5.41, 5.74) is 4.37. The fraction of sp³-hybridized carbons (Fsp3) is 0.583. The van der Waals surface area contributed by atoms with E-state index < -0.39 is 0 Å². The molecule has 0 aliphatic rings. The number of halogens is 1. The van der Waals surface area contributed by atoms with E-state index in [1.54, 1.807) is 7.11 Å². The van der Waals surface area contributed by atoms with Crippen molar-refractivity contribution < 1.29 is 14.2 Å². The first-order chi connectivity index (χ1) is 15.4. The number of rotatable bonds is 12. The minimum atomic E-state index is 0. The van der Waals surface area contributed by atoms with E-state index in [1.807, 2.05) is 37.6 Å². The summed E-state index contributed by atoms with van der Waals surface area (Å²) in [6.07, 6.45) is 0. The molecule has 0 radical (unpaired) electrons. The SMILES string of the molecule is CCNC(=NCc1c(C)nn(CCOC)c1C)NC(C)c1ccc(OCC)c(OCC)c1.I. The third kappa shape index (κ3) is 8.37. The summed E-state index contributed by atoms with van der Waals surface area (Å²) in [7, 11) is 1.70. The number of ether oxygens (including phenoxy) is 3. The predicted octanol–water partition coefficient (Wildman–Crippen LogP) is 4.38. The highest BCUT2D eigenvalue weighted by Gasteiger charge is 2.14. The summed E-state index contributed by atoms with van der Waals surface area (Å²) < 4.78 is 18.6. The quantitative estimate of drug-likeness (QED) is 0.223. The highest BCUT2D eigenvalue weighted by atomic mass is 127. The number of nitrogens with one attached hydrogen (secondary N) is 2. The van der Waals surface area contributed by atoms with Crippen LogP contribution in [0.3, 0.4) is 0 Å². The molecule has 0 saturated heterocycles. The molecule has 1 aromatic carbocycles. The lowest BCUT2D eigenvalue weighted by Gasteiger charge is -2.20. The van der Waals surface area contributed by atoms with E-state index in [0.29, 0.717) is 26.4 Å². The third-order valence-corrected chi connectivity index (χ3v) is 5.20. The van der Waals surface area contributed by atoms with Gasteiger partial charge in [0, 0.05) is 24.9 Å². The van der Waals surface area contributed by atoms with Crippen LogP contribution in [0, 0.1) is 13.8 Å². The molecule has 1 unspecified atom stereocenters.